The number of ketones is 1. The number of nitrogens with zero attached hydrogens (tertiary/aromatic N) is 1. The number of hydrogen-bond acceptors (Lipinski definition) is 4. The van der Waals surface area contributed by atoms with Gasteiger partial charge in [0.25, 0.3) is 0 Å². The monoisotopic (exact) mass is 425 g/mol. The Morgan fingerprint density at radius 2 is 1.44 bits per heavy atom. The highest BCUT2D eigenvalue weighted by Gasteiger charge is 2.55. The van der Waals surface area contributed by atoms with Crippen LogP contribution < -0.4 is 9.47 Å². The van der Waals surface area contributed by atoms with Gasteiger partial charge in [-0.05, 0) is 54.7 Å². The third-order valence-corrected chi connectivity index (χ3v) is 6.83. The molecule has 3 aromatic rings. The van der Waals surface area contributed by atoms with Gasteiger partial charge in [0.15, 0.2) is 17.3 Å². The smallest absolute Gasteiger partial charge is 0.195 e. The van der Waals surface area contributed by atoms with Crippen LogP contribution in [0.4, 0.5) is 0 Å². The zero-order chi connectivity index (χ0) is 22.5. The predicted molar refractivity (Wildman–Crippen MR) is 127 cm³/mol. The second kappa shape index (κ2) is 7.56. The Balaban J connectivity index is 1.80. The molecule has 4 nitrogen and oxygen atoms in total. The van der Waals surface area contributed by atoms with E-state index in [-0.39, 0.29) is 11.8 Å². The van der Waals surface area contributed by atoms with Gasteiger partial charge in [-0.1, -0.05) is 60.7 Å². The van der Waals surface area contributed by atoms with Crippen molar-refractivity contribution < 1.29 is 14.3 Å². The maximum absolute atomic E-state index is 14.3. The van der Waals surface area contributed by atoms with Gasteiger partial charge in [-0.3, -0.25) is 4.79 Å². The highest BCUT2D eigenvalue weighted by atomic mass is 16.5. The largest absolute Gasteiger partial charge is 0.493 e. The second-order valence-electron chi connectivity index (χ2n) is 8.64. The van der Waals surface area contributed by atoms with E-state index in [0.717, 1.165) is 39.9 Å². The summed E-state index contributed by atoms with van der Waals surface area (Å²) in [4.78, 5) is 16.7. The lowest BCUT2D eigenvalue weighted by molar-refractivity contribution is -0.123. The van der Waals surface area contributed by atoms with Crippen molar-refractivity contribution in [1.29, 1.82) is 0 Å². The summed E-state index contributed by atoms with van der Waals surface area (Å²) in [6.45, 7) is 4.25. The van der Waals surface area contributed by atoms with Gasteiger partial charge in [-0.15, -0.1) is 0 Å². The van der Waals surface area contributed by atoms with E-state index < -0.39 is 5.54 Å². The lowest BCUT2D eigenvalue weighted by atomic mass is 9.77. The third kappa shape index (κ3) is 2.79. The summed E-state index contributed by atoms with van der Waals surface area (Å²) in [5.41, 5.74) is 5.05. The maximum Gasteiger partial charge on any atom is 0.195 e. The number of carbonyl (C=O) groups is 1. The molecular weight excluding hydrogens is 398 g/mol. The van der Waals surface area contributed by atoms with E-state index >= 15 is 0 Å². The molecular formula is C28H27NO3. The minimum Gasteiger partial charge on any atom is -0.493 e. The van der Waals surface area contributed by atoms with Crippen molar-refractivity contribution in [2.24, 2.45) is 0 Å². The van der Waals surface area contributed by atoms with Crippen LogP contribution in [0.15, 0.2) is 72.8 Å². The first-order chi connectivity index (χ1) is 15.5. The molecule has 0 saturated carbocycles. The van der Waals surface area contributed by atoms with Crippen molar-refractivity contribution >= 4 is 17.1 Å². The van der Waals surface area contributed by atoms with Gasteiger partial charge >= 0.3 is 0 Å². The fourth-order valence-corrected chi connectivity index (χ4v) is 5.42. The summed E-state index contributed by atoms with van der Waals surface area (Å²) in [5.74, 6) is 1.45. The molecule has 0 saturated heterocycles. The molecule has 1 unspecified atom stereocenters. The van der Waals surface area contributed by atoms with E-state index in [9.17, 15) is 4.79 Å². The SMILES string of the molecule is COc1cc2c(cc1OC)[C@]1(C)C(=O)C(c3ccccc3)=C(c3ccccc3)N1C(C)C2. The second-order valence-corrected chi connectivity index (χ2v) is 8.64. The number of carbonyl (C=O) groups excluding carboxylic acids is 1. The van der Waals surface area contributed by atoms with E-state index in [0.29, 0.717) is 11.5 Å². The average Bonchev–Trinajstić information content (AvgIpc) is 3.08. The van der Waals surface area contributed by atoms with Crippen LogP contribution in [0.5, 0.6) is 11.5 Å². The summed E-state index contributed by atoms with van der Waals surface area (Å²) in [7, 11) is 3.28. The van der Waals surface area contributed by atoms with Gasteiger partial charge in [0.1, 0.15) is 5.54 Å². The number of rotatable bonds is 4. The Labute approximate surface area is 189 Å². The molecule has 4 heteroatoms. The molecule has 2 atom stereocenters. The van der Waals surface area contributed by atoms with Gasteiger partial charge < -0.3 is 14.4 Å². The van der Waals surface area contributed by atoms with E-state index in [2.05, 4.69) is 30.9 Å². The number of methoxy groups -OCH3 is 2. The first kappa shape index (κ1) is 20.4. The van der Waals surface area contributed by atoms with Gasteiger partial charge in [0.2, 0.25) is 0 Å². The van der Waals surface area contributed by atoms with Crippen molar-refractivity contribution in [2.45, 2.75) is 31.8 Å². The fraction of sp³-hybridized carbons (Fsp3) is 0.250. The highest BCUT2D eigenvalue weighted by Crippen LogP contribution is 2.54. The maximum atomic E-state index is 14.3. The van der Waals surface area contributed by atoms with Gasteiger partial charge in [0, 0.05) is 6.04 Å². The number of hydrogen-bond donors (Lipinski definition) is 0. The van der Waals surface area contributed by atoms with Crippen molar-refractivity contribution in [3.63, 3.8) is 0 Å². The van der Waals surface area contributed by atoms with E-state index in [4.69, 9.17) is 9.47 Å². The molecule has 0 spiro atoms. The summed E-state index contributed by atoms with van der Waals surface area (Å²) < 4.78 is 11.2. The lowest BCUT2D eigenvalue weighted by Gasteiger charge is -2.47. The Hall–Kier alpha value is -3.53. The molecule has 2 aliphatic rings. The molecule has 2 heterocycles. The minimum absolute atomic E-state index is 0.113. The number of fused-ring (bicyclic) bond motifs is 3. The molecule has 0 aliphatic carbocycles. The fourth-order valence-electron chi connectivity index (χ4n) is 5.42. The van der Waals surface area contributed by atoms with Crippen LogP contribution in [0.3, 0.4) is 0 Å². The van der Waals surface area contributed by atoms with Crippen LogP contribution in [0.25, 0.3) is 11.3 Å². The van der Waals surface area contributed by atoms with Crippen LogP contribution in [0.1, 0.15) is 36.1 Å². The summed E-state index contributed by atoms with van der Waals surface area (Å²) in [6.07, 6.45) is 0.816. The van der Waals surface area contributed by atoms with Crippen LogP contribution in [0.2, 0.25) is 0 Å². The molecule has 162 valence electrons. The first-order valence-corrected chi connectivity index (χ1v) is 10.9. The van der Waals surface area contributed by atoms with E-state index in [1.54, 1.807) is 14.2 Å². The average molecular weight is 426 g/mol. The van der Waals surface area contributed by atoms with Gasteiger partial charge in [-0.2, -0.15) is 0 Å². The van der Waals surface area contributed by atoms with E-state index in [1.165, 1.54) is 0 Å². The molecule has 0 fully saturated rings. The van der Waals surface area contributed by atoms with Crippen molar-refractivity contribution in [3.8, 4) is 11.5 Å². The topological polar surface area (TPSA) is 38.8 Å². The minimum atomic E-state index is -0.830. The Bertz CT molecular complexity index is 1220. The third-order valence-electron chi connectivity index (χ3n) is 6.83. The number of ether oxygens (including phenoxy) is 2. The first-order valence-electron chi connectivity index (χ1n) is 10.9. The molecule has 0 radical (unpaired) electrons. The predicted octanol–water partition coefficient (Wildman–Crippen LogP) is 5.32. The molecule has 0 N–H and O–H groups in total. The van der Waals surface area contributed by atoms with Crippen LogP contribution in [0, 0.1) is 0 Å². The van der Waals surface area contributed by atoms with Crippen LogP contribution in [-0.2, 0) is 16.8 Å². The highest BCUT2D eigenvalue weighted by molar-refractivity contribution is 6.34. The summed E-state index contributed by atoms with van der Waals surface area (Å²) in [6, 6.07) is 24.4. The van der Waals surface area contributed by atoms with Gasteiger partial charge in [0.05, 0.1) is 25.5 Å². The summed E-state index contributed by atoms with van der Waals surface area (Å²) in [5, 5.41) is 0. The Morgan fingerprint density at radius 3 is 2.03 bits per heavy atom. The lowest BCUT2D eigenvalue weighted by Crippen LogP contribution is -2.52. The van der Waals surface area contributed by atoms with Crippen LogP contribution in [-0.4, -0.2) is 30.9 Å². The number of Topliss-reactive ketones (excluding diaryl/α,β-unsaturated/α-hetero) is 1. The number of benzene rings is 3. The Kier molecular flexibility index (Phi) is 4.81. The van der Waals surface area contributed by atoms with Gasteiger partial charge in [-0.25, -0.2) is 0 Å². The van der Waals surface area contributed by atoms with Crippen LogP contribution >= 0.6 is 0 Å². The normalized spacial score (nSPS) is 21.9. The molecule has 0 bridgehead atoms. The molecule has 3 aromatic carbocycles. The molecule has 2 aliphatic heterocycles. The Morgan fingerprint density at radius 1 is 0.875 bits per heavy atom. The zero-order valence-electron chi connectivity index (χ0n) is 18.9. The standard InChI is InChI=1S/C28H27NO3/c1-18-15-21-16-23(31-3)24(32-4)17-22(21)28(2)27(30)25(19-11-7-5-8-12-19)26(29(18)28)20-13-9-6-10-14-20/h5-14,16-18H,15H2,1-4H3/t18?,28-/m1/s1. The summed E-state index contributed by atoms with van der Waals surface area (Å²) >= 11 is 0. The zero-order valence-corrected chi connectivity index (χ0v) is 18.9. The molecule has 0 amide bonds. The van der Waals surface area contributed by atoms with E-state index in [1.807, 2.05) is 60.7 Å². The van der Waals surface area contributed by atoms with Crippen molar-refractivity contribution in [1.82, 2.24) is 4.90 Å². The quantitative estimate of drug-likeness (QED) is 0.567. The molecule has 5 rings (SSSR count). The molecule has 0 aromatic heterocycles. The molecule has 32 heavy (non-hydrogen) atoms. The van der Waals surface area contributed by atoms with Crippen molar-refractivity contribution in [3.05, 3.63) is 95.1 Å². The van der Waals surface area contributed by atoms with Crippen molar-refractivity contribution in [2.75, 3.05) is 14.2 Å².